The highest BCUT2D eigenvalue weighted by Crippen LogP contribution is 2.33. The predicted molar refractivity (Wildman–Crippen MR) is 101 cm³/mol. The van der Waals surface area contributed by atoms with E-state index in [4.69, 9.17) is 0 Å². The molecule has 1 atom stereocenters. The van der Waals surface area contributed by atoms with Gasteiger partial charge >= 0.3 is 0 Å². The SMILES string of the molecule is CC.O=S(=O)(C1CCC1)N1CCC(C(O)n2nnc3ccccc32)CC1. The summed E-state index contributed by atoms with van der Waals surface area (Å²) in [5.41, 5.74) is 1.55. The maximum absolute atomic E-state index is 12.5. The van der Waals surface area contributed by atoms with E-state index < -0.39 is 16.3 Å². The lowest BCUT2D eigenvalue weighted by Gasteiger charge is -2.37. The average Bonchev–Trinajstić information content (AvgIpc) is 3.05. The van der Waals surface area contributed by atoms with E-state index in [1.807, 2.05) is 38.1 Å². The van der Waals surface area contributed by atoms with Gasteiger partial charge in [0.25, 0.3) is 0 Å². The van der Waals surface area contributed by atoms with Crippen LogP contribution in [0.1, 0.15) is 52.2 Å². The Bertz CT molecular complexity index is 824. The number of rotatable bonds is 4. The maximum Gasteiger partial charge on any atom is 0.216 e. The summed E-state index contributed by atoms with van der Waals surface area (Å²) in [6.07, 6.45) is 3.10. The molecule has 1 aliphatic carbocycles. The summed E-state index contributed by atoms with van der Waals surface area (Å²) in [6.45, 7) is 4.96. The van der Waals surface area contributed by atoms with Crippen LogP contribution in [0.3, 0.4) is 0 Å². The van der Waals surface area contributed by atoms with Gasteiger partial charge in [-0.15, -0.1) is 5.10 Å². The van der Waals surface area contributed by atoms with Crippen LogP contribution in [0.5, 0.6) is 0 Å². The standard InChI is InChI=1S/C16H22N4O3S.C2H6/c21-16(20-15-7-2-1-6-14(15)17-18-20)12-8-10-19(11-9-12)24(22,23)13-4-3-5-13;1-2/h1-2,6-7,12-13,16,21H,3-5,8-11H2;1-2H3. The maximum atomic E-state index is 12.5. The van der Waals surface area contributed by atoms with Crippen LogP contribution in [0.25, 0.3) is 11.0 Å². The Hall–Kier alpha value is -1.51. The highest BCUT2D eigenvalue weighted by Gasteiger charge is 2.39. The molecule has 1 unspecified atom stereocenters. The zero-order valence-corrected chi connectivity index (χ0v) is 16.3. The van der Waals surface area contributed by atoms with E-state index >= 15 is 0 Å². The van der Waals surface area contributed by atoms with Gasteiger partial charge in [0, 0.05) is 19.0 Å². The van der Waals surface area contributed by atoms with Crippen molar-refractivity contribution in [2.75, 3.05) is 13.1 Å². The van der Waals surface area contributed by atoms with Crippen LogP contribution in [0.4, 0.5) is 0 Å². The molecule has 0 spiro atoms. The average molecular weight is 381 g/mol. The Balaban J connectivity index is 0.000000948. The molecule has 1 N–H and O–H groups in total. The predicted octanol–water partition coefficient (Wildman–Crippen LogP) is 2.54. The second kappa shape index (κ2) is 8.02. The number of nitrogens with zero attached hydrogens (tertiary/aromatic N) is 4. The second-order valence-corrected chi connectivity index (χ2v) is 8.98. The number of sulfonamides is 1. The van der Waals surface area contributed by atoms with Crippen LogP contribution in [0.15, 0.2) is 24.3 Å². The third-order valence-electron chi connectivity index (χ3n) is 5.38. The molecule has 0 bridgehead atoms. The molecule has 2 aromatic rings. The van der Waals surface area contributed by atoms with Crippen molar-refractivity contribution in [2.45, 2.75) is 57.4 Å². The van der Waals surface area contributed by atoms with Crippen molar-refractivity contribution in [3.05, 3.63) is 24.3 Å². The molecule has 2 heterocycles. The van der Waals surface area contributed by atoms with Gasteiger partial charge < -0.3 is 5.11 Å². The topological polar surface area (TPSA) is 88.3 Å². The van der Waals surface area contributed by atoms with Crippen LogP contribution in [0.2, 0.25) is 0 Å². The van der Waals surface area contributed by atoms with E-state index in [2.05, 4.69) is 10.3 Å². The van der Waals surface area contributed by atoms with Crippen molar-refractivity contribution in [1.82, 2.24) is 19.3 Å². The van der Waals surface area contributed by atoms with Crippen LogP contribution in [0, 0.1) is 5.92 Å². The fourth-order valence-corrected chi connectivity index (χ4v) is 5.66. The molecule has 1 aromatic heterocycles. The van der Waals surface area contributed by atoms with Crippen LogP contribution in [-0.4, -0.2) is 51.2 Å². The molecule has 2 aliphatic rings. The van der Waals surface area contributed by atoms with Crippen molar-refractivity contribution in [3.63, 3.8) is 0 Å². The van der Waals surface area contributed by atoms with Gasteiger partial charge in [-0.2, -0.15) is 0 Å². The molecule has 26 heavy (non-hydrogen) atoms. The molecular weight excluding hydrogens is 352 g/mol. The Morgan fingerprint density at radius 3 is 2.38 bits per heavy atom. The smallest absolute Gasteiger partial charge is 0.216 e. The fraction of sp³-hybridized carbons (Fsp3) is 0.667. The zero-order chi connectivity index (χ0) is 18.7. The monoisotopic (exact) mass is 380 g/mol. The van der Waals surface area contributed by atoms with E-state index in [9.17, 15) is 13.5 Å². The molecule has 8 heteroatoms. The first-order valence-corrected chi connectivity index (χ1v) is 11.0. The third kappa shape index (κ3) is 3.50. The van der Waals surface area contributed by atoms with Gasteiger partial charge in [0.2, 0.25) is 10.0 Å². The quantitative estimate of drug-likeness (QED) is 0.880. The molecule has 2 fully saturated rings. The molecule has 1 aromatic carbocycles. The minimum Gasteiger partial charge on any atom is -0.371 e. The highest BCUT2D eigenvalue weighted by molar-refractivity contribution is 7.89. The lowest BCUT2D eigenvalue weighted by Crippen LogP contribution is -2.46. The first-order valence-electron chi connectivity index (χ1n) is 9.54. The molecule has 0 amide bonds. The molecular formula is C18H28N4O3S. The lowest BCUT2D eigenvalue weighted by atomic mass is 9.96. The summed E-state index contributed by atoms with van der Waals surface area (Å²) in [5.74, 6) is -0.0112. The molecule has 0 radical (unpaired) electrons. The van der Waals surface area contributed by atoms with E-state index in [0.717, 1.165) is 30.3 Å². The normalized spacial score (nSPS) is 21.0. The van der Waals surface area contributed by atoms with Crippen LogP contribution >= 0.6 is 0 Å². The Morgan fingerprint density at radius 1 is 1.12 bits per heavy atom. The van der Waals surface area contributed by atoms with Crippen molar-refractivity contribution < 1.29 is 13.5 Å². The minimum atomic E-state index is -3.15. The zero-order valence-electron chi connectivity index (χ0n) is 15.5. The summed E-state index contributed by atoms with van der Waals surface area (Å²) < 4.78 is 28.1. The molecule has 1 aliphatic heterocycles. The largest absolute Gasteiger partial charge is 0.371 e. The van der Waals surface area contributed by atoms with Crippen LogP contribution < -0.4 is 0 Å². The Morgan fingerprint density at radius 2 is 1.77 bits per heavy atom. The lowest BCUT2D eigenvalue weighted by molar-refractivity contribution is 0.0104. The third-order valence-corrected chi connectivity index (χ3v) is 7.78. The van der Waals surface area contributed by atoms with Crippen molar-refractivity contribution in [3.8, 4) is 0 Å². The number of hydrogen-bond donors (Lipinski definition) is 1. The van der Waals surface area contributed by atoms with Gasteiger partial charge in [-0.3, -0.25) is 0 Å². The summed E-state index contributed by atoms with van der Waals surface area (Å²) in [6, 6.07) is 7.52. The summed E-state index contributed by atoms with van der Waals surface area (Å²) in [4.78, 5) is 0. The highest BCUT2D eigenvalue weighted by atomic mass is 32.2. The molecule has 144 valence electrons. The van der Waals surface area contributed by atoms with Crippen molar-refractivity contribution in [2.24, 2.45) is 5.92 Å². The molecule has 1 saturated heterocycles. The molecule has 4 rings (SSSR count). The summed E-state index contributed by atoms with van der Waals surface area (Å²) in [7, 11) is -3.15. The van der Waals surface area contributed by atoms with Crippen molar-refractivity contribution >= 4 is 21.1 Å². The number of para-hydroxylation sites is 1. The van der Waals surface area contributed by atoms with Gasteiger partial charge in [0.05, 0.1) is 10.8 Å². The number of benzene rings is 1. The van der Waals surface area contributed by atoms with Crippen LogP contribution in [-0.2, 0) is 10.0 Å². The van der Waals surface area contributed by atoms with Gasteiger partial charge in [-0.1, -0.05) is 37.6 Å². The molecule has 1 saturated carbocycles. The number of aromatic nitrogens is 3. The Kier molecular flexibility index (Phi) is 5.94. The first-order chi connectivity index (χ1) is 12.6. The van der Waals surface area contributed by atoms with Gasteiger partial charge in [-0.05, 0) is 37.8 Å². The molecule has 7 nitrogen and oxygen atoms in total. The first kappa shape index (κ1) is 19.3. The van der Waals surface area contributed by atoms with E-state index in [1.165, 1.54) is 0 Å². The number of aliphatic hydroxyl groups is 1. The number of piperidine rings is 1. The summed E-state index contributed by atoms with van der Waals surface area (Å²) >= 11 is 0. The number of fused-ring (bicyclic) bond motifs is 1. The van der Waals surface area contributed by atoms with Gasteiger partial charge in [0.1, 0.15) is 5.52 Å². The number of aliphatic hydroxyl groups excluding tert-OH is 1. The van der Waals surface area contributed by atoms with Crippen molar-refractivity contribution in [1.29, 1.82) is 0 Å². The Labute approximate surface area is 155 Å². The van der Waals surface area contributed by atoms with E-state index in [-0.39, 0.29) is 11.2 Å². The van der Waals surface area contributed by atoms with Gasteiger partial charge in [-0.25, -0.2) is 17.4 Å². The number of hydrogen-bond acceptors (Lipinski definition) is 5. The van der Waals surface area contributed by atoms with E-state index in [1.54, 1.807) is 8.99 Å². The minimum absolute atomic E-state index is 0.0112. The van der Waals surface area contributed by atoms with Gasteiger partial charge in [0.15, 0.2) is 6.23 Å². The fourth-order valence-electron chi connectivity index (χ4n) is 3.59. The van der Waals surface area contributed by atoms with E-state index in [0.29, 0.717) is 25.9 Å². The second-order valence-electron chi connectivity index (χ2n) is 6.77. The summed E-state index contributed by atoms with van der Waals surface area (Å²) in [5, 5.41) is 18.6.